The Morgan fingerprint density at radius 1 is 1.30 bits per heavy atom. The lowest BCUT2D eigenvalue weighted by molar-refractivity contribution is -0.0440. The van der Waals surface area contributed by atoms with Crippen LogP contribution in [-0.4, -0.2) is 33.0 Å². The molecule has 1 N–H and O–H groups in total. The van der Waals surface area contributed by atoms with Crippen molar-refractivity contribution in [1.82, 2.24) is 5.32 Å². The molecular formula is C17H27NO2. The van der Waals surface area contributed by atoms with E-state index in [0.717, 1.165) is 13.0 Å². The minimum absolute atomic E-state index is 0.248. The Balaban J connectivity index is 1.83. The van der Waals surface area contributed by atoms with Gasteiger partial charge >= 0.3 is 0 Å². The van der Waals surface area contributed by atoms with E-state index in [1.165, 1.54) is 29.5 Å². The first kappa shape index (κ1) is 15.5. The molecule has 1 aliphatic heterocycles. The summed E-state index contributed by atoms with van der Waals surface area (Å²) in [5.41, 5.74) is 3.96. The molecule has 0 saturated carbocycles. The van der Waals surface area contributed by atoms with Crippen LogP contribution in [0.3, 0.4) is 0 Å². The van der Waals surface area contributed by atoms with Gasteiger partial charge in [0.2, 0.25) is 0 Å². The zero-order valence-corrected chi connectivity index (χ0v) is 12.9. The van der Waals surface area contributed by atoms with Gasteiger partial charge in [-0.15, -0.1) is 0 Å². The summed E-state index contributed by atoms with van der Waals surface area (Å²) in [5.74, 6) is 0. The van der Waals surface area contributed by atoms with Crippen molar-refractivity contribution in [1.29, 1.82) is 0 Å². The summed E-state index contributed by atoms with van der Waals surface area (Å²) in [4.78, 5) is 0. The number of aryl methyl sites for hydroxylation is 2. The Bertz CT molecular complexity index is 413. The summed E-state index contributed by atoms with van der Waals surface area (Å²) < 4.78 is 11.6. The molecule has 2 unspecified atom stereocenters. The van der Waals surface area contributed by atoms with Crippen LogP contribution in [0.2, 0.25) is 0 Å². The molecule has 0 bridgehead atoms. The second-order valence-corrected chi connectivity index (χ2v) is 5.71. The van der Waals surface area contributed by atoms with Crippen LogP contribution in [0.15, 0.2) is 18.2 Å². The predicted molar refractivity (Wildman–Crippen MR) is 82.1 cm³/mol. The molecular weight excluding hydrogens is 250 g/mol. The highest BCUT2D eigenvalue weighted by Crippen LogP contribution is 2.18. The van der Waals surface area contributed by atoms with Crippen LogP contribution < -0.4 is 5.32 Å². The molecule has 112 valence electrons. The fourth-order valence-electron chi connectivity index (χ4n) is 2.58. The van der Waals surface area contributed by atoms with E-state index in [2.05, 4.69) is 37.4 Å². The number of nitrogens with one attached hydrogen (secondary N) is 1. The number of benzene rings is 1. The van der Waals surface area contributed by atoms with Crippen molar-refractivity contribution in [2.75, 3.05) is 26.9 Å². The van der Waals surface area contributed by atoms with E-state index >= 15 is 0 Å². The zero-order chi connectivity index (χ0) is 14.4. The first-order valence-corrected chi connectivity index (χ1v) is 7.64. The van der Waals surface area contributed by atoms with Gasteiger partial charge in [-0.2, -0.15) is 0 Å². The third-order valence-corrected chi connectivity index (χ3v) is 4.14. The molecule has 2 atom stereocenters. The van der Waals surface area contributed by atoms with Crippen LogP contribution in [0.25, 0.3) is 0 Å². The second-order valence-electron chi connectivity index (χ2n) is 5.71. The van der Waals surface area contributed by atoms with Crippen molar-refractivity contribution in [3.8, 4) is 0 Å². The van der Waals surface area contributed by atoms with Gasteiger partial charge in [-0.3, -0.25) is 0 Å². The molecule has 0 spiro atoms. The van der Waals surface area contributed by atoms with Crippen LogP contribution in [0, 0.1) is 13.8 Å². The van der Waals surface area contributed by atoms with Gasteiger partial charge in [-0.05, 0) is 56.8 Å². The van der Waals surface area contributed by atoms with E-state index < -0.39 is 0 Å². The van der Waals surface area contributed by atoms with E-state index in [9.17, 15) is 0 Å². The first-order valence-electron chi connectivity index (χ1n) is 7.64. The quantitative estimate of drug-likeness (QED) is 0.866. The number of hydrogen-bond donors (Lipinski definition) is 1. The maximum atomic E-state index is 5.86. The van der Waals surface area contributed by atoms with Crippen molar-refractivity contribution in [2.45, 2.75) is 45.3 Å². The SMILES string of the molecule is CNC(COCC1CCCCO1)c1ccc(C)c(C)c1. The smallest absolute Gasteiger partial charge is 0.0808 e. The molecule has 3 nitrogen and oxygen atoms in total. The van der Waals surface area contributed by atoms with Gasteiger partial charge in [0.15, 0.2) is 0 Å². The summed E-state index contributed by atoms with van der Waals surface area (Å²) in [7, 11) is 1.99. The minimum atomic E-state index is 0.248. The molecule has 0 aliphatic carbocycles. The normalized spacial score (nSPS) is 20.9. The average molecular weight is 277 g/mol. The van der Waals surface area contributed by atoms with Gasteiger partial charge in [-0.25, -0.2) is 0 Å². The highest BCUT2D eigenvalue weighted by atomic mass is 16.5. The summed E-state index contributed by atoms with van der Waals surface area (Å²) in [5, 5.41) is 3.34. The second kappa shape index (κ2) is 7.77. The maximum absolute atomic E-state index is 5.86. The maximum Gasteiger partial charge on any atom is 0.0808 e. The van der Waals surface area contributed by atoms with Crippen LogP contribution in [-0.2, 0) is 9.47 Å². The monoisotopic (exact) mass is 277 g/mol. The topological polar surface area (TPSA) is 30.5 Å². The molecule has 0 aromatic heterocycles. The van der Waals surface area contributed by atoms with E-state index in [-0.39, 0.29) is 6.04 Å². The van der Waals surface area contributed by atoms with Crippen molar-refractivity contribution >= 4 is 0 Å². The van der Waals surface area contributed by atoms with Crippen LogP contribution >= 0.6 is 0 Å². The summed E-state index contributed by atoms with van der Waals surface area (Å²) in [6.45, 7) is 6.59. The molecule has 1 fully saturated rings. The number of ether oxygens (including phenoxy) is 2. The third-order valence-electron chi connectivity index (χ3n) is 4.14. The van der Waals surface area contributed by atoms with Gasteiger partial charge in [-0.1, -0.05) is 18.2 Å². The Morgan fingerprint density at radius 2 is 2.15 bits per heavy atom. The molecule has 0 amide bonds. The summed E-state index contributed by atoms with van der Waals surface area (Å²) in [6.07, 6.45) is 3.88. The van der Waals surface area contributed by atoms with Gasteiger partial charge in [0.25, 0.3) is 0 Å². The molecule has 3 heteroatoms. The molecule has 20 heavy (non-hydrogen) atoms. The van der Waals surface area contributed by atoms with Gasteiger partial charge in [0.1, 0.15) is 0 Å². The fourth-order valence-corrected chi connectivity index (χ4v) is 2.58. The van der Waals surface area contributed by atoms with Gasteiger partial charge in [0, 0.05) is 6.61 Å². The van der Waals surface area contributed by atoms with Crippen molar-refractivity contribution < 1.29 is 9.47 Å². The van der Waals surface area contributed by atoms with Crippen LogP contribution in [0.1, 0.15) is 42.0 Å². The Hall–Kier alpha value is -0.900. The average Bonchev–Trinajstić information content (AvgIpc) is 2.48. The summed E-state index contributed by atoms with van der Waals surface area (Å²) in [6, 6.07) is 6.86. The van der Waals surface area contributed by atoms with E-state index in [1.54, 1.807) is 0 Å². The van der Waals surface area contributed by atoms with E-state index in [0.29, 0.717) is 19.3 Å². The lowest BCUT2D eigenvalue weighted by Gasteiger charge is -2.24. The number of hydrogen-bond acceptors (Lipinski definition) is 3. The molecule has 1 saturated heterocycles. The molecule has 1 heterocycles. The largest absolute Gasteiger partial charge is 0.377 e. The van der Waals surface area contributed by atoms with E-state index in [4.69, 9.17) is 9.47 Å². The third kappa shape index (κ3) is 4.30. The Morgan fingerprint density at radius 3 is 2.80 bits per heavy atom. The predicted octanol–water partition coefficient (Wildman–Crippen LogP) is 3.15. The fraction of sp³-hybridized carbons (Fsp3) is 0.647. The zero-order valence-electron chi connectivity index (χ0n) is 12.9. The Kier molecular flexibility index (Phi) is 6.02. The van der Waals surface area contributed by atoms with Gasteiger partial charge < -0.3 is 14.8 Å². The van der Waals surface area contributed by atoms with E-state index in [1.807, 2.05) is 7.05 Å². The minimum Gasteiger partial charge on any atom is -0.377 e. The van der Waals surface area contributed by atoms with Crippen molar-refractivity contribution in [3.05, 3.63) is 34.9 Å². The Labute approximate surface area is 122 Å². The highest BCUT2D eigenvalue weighted by Gasteiger charge is 2.15. The molecule has 1 aliphatic rings. The van der Waals surface area contributed by atoms with Crippen molar-refractivity contribution in [2.24, 2.45) is 0 Å². The first-order chi connectivity index (χ1) is 9.70. The van der Waals surface area contributed by atoms with Gasteiger partial charge in [0.05, 0.1) is 25.4 Å². The summed E-state index contributed by atoms with van der Waals surface area (Å²) >= 11 is 0. The lowest BCUT2D eigenvalue weighted by atomic mass is 10.0. The molecule has 2 rings (SSSR count). The molecule has 0 radical (unpaired) electrons. The standard InChI is InChI=1S/C17H27NO2/c1-13-7-8-15(10-14(13)2)17(18-3)12-19-11-16-6-4-5-9-20-16/h7-8,10,16-18H,4-6,9,11-12H2,1-3H3. The molecule has 1 aromatic carbocycles. The number of rotatable bonds is 6. The van der Waals surface area contributed by atoms with Crippen LogP contribution in [0.4, 0.5) is 0 Å². The highest BCUT2D eigenvalue weighted by molar-refractivity contribution is 5.31. The van der Waals surface area contributed by atoms with Crippen LogP contribution in [0.5, 0.6) is 0 Å². The van der Waals surface area contributed by atoms with Crippen molar-refractivity contribution in [3.63, 3.8) is 0 Å². The molecule has 1 aromatic rings. The lowest BCUT2D eigenvalue weighted by Crippen LogP contribution is -2.28. The number of likely N-dealkylation sites (N-methyl/N-ethyl adjacent to an activating group) is 1.